The zero-order valence-electron chi connectivity index (χ0n) is 11.2. The SMILES string of the molecule is CCOCC(NCC1CCC(C)O1)C(C)C. The maximum absolute atomic E-state index is 5.79. The Balaban J connectivity index is 2.21. The normalized spacial score (nSPS) is 27.6. The Bertz CT molecular complexity index is 185. The Morgan fingerprint density at radius 3 is 2.62 bits per heavy atom. The van der Waals surface area contributed by atoms with E-state index < -0.39 is 0 Å². The van der Waals surface area contributed by atoms with Crippen LogP contribution >= 0.6 is 0 Å². The van der Waals surface area contributed by atoms with Crippen molar-refractivity contribution in [3.63, 3.8) is 0 Å². The summed E-state index contributed by atoms with van der Waals surface area (Å²) in [7, 11) is 0. The molecule has 0 aliphatic carbocycles. The summed E-state index contributed by atoms with van der Waals surface area (Å²) in [4.78, 5) is 0. The summed E-state index contributed by atoms with van der Waals surface area (Å²) < 4.78 is 11.3. The maximum atomic E-state index is 5.79. The zero-order valence-corrected chi connectivity index (χ0v) is 11.2. The van der Waals surface area contributed by atoms with Crippen molar-refractivity contribution in [2.24, 2.45) is 5.92 Å². The fraction of sp³-hybridized carbons (Fsp3) is 1.00. The van der Waals surface area contributed by atoms with Crippen molar-refractivity contribution in [1.82, 2.24) is 5.32 Å². The molecule has 0 aromatic carbocycles. The van der Waals surface area contributed by atoms with Gasteiger partial charge in [-0.15, -0.1) is 0 Å². The van der Waals surface area contributed by atoms with E-state index >= 15 is 0 Å². The summed E-state index contributed by atoms with van der Waals surface area (Å²) in [6.45, 7) is 11.2. The average molecular weight is 229 g/mol. The predicted octanol–water partition coefficient (Wildman–Crippen LogP) is 2.20. The van der Waals surface area contributed by atoms with E-state index in [1.54, 1.807) is 0 Å². The molecule has 1 saturated heterocycles. The van der Waals surface area contributed by atoms with Crippen molar-refractivity contribution in [3.05, 3.63) is 0 Å². The summed E-state index contributed by atoms with van der Waals surface area (Å²) in [6, 6.07) is 0.444. The van der Waals surface area contributed by atoms with Crippen LogP contribution in [-0.2, 0) is 9.47 Å². The highest BCUT2D eigenvalue weighted by Gasteiger charge is 2.23. The lowest BCUT2D eigenvalue weighted by molar-refractivity contribution is 0.0469. The highest BCUT2D eigenvalue weighted by molar-refractivity contribution is 4.77. The number of rotatable bonds is 7. The lowest BCUT2D eigenvalue weighted by atomic mass is 10.1. The topological polar surface area (TPSA) is 30.5 Å². The van der Waals surface area contributed by atoms with Crippen molar-refractivity contribution in [2.45, 2.75) is 58.8 Å². The predicted molar refractivity (Wildman–Crippen MR) is 66.7 cm³/mol. The molecule has 1 fully saturated rings. The lowest BCUT2D eigenvalue weighted by Gasteiger charge is -2.24. The van der Waals surface area contributed by atoms with Crippen LogP contribution in [0.2, 0.25) is 0 Å². The molecule has 0 bridgehead atoms. The van der Waals surface area contributed by atoms with Gasteiger partial charge >= 0.3 is 0 Å². The van der Waals surface area contributed by atoms with Crippen LogP contribution in [0.25, 0.3) is 0 Å². The van der Waals surface area contributed by atoms with E-state index in [1.807, 2.05) is 6.92 Å². The molecule has 1 heterocycles. The van der Waals surface area contributed by atoms with E-state index in [9.17, 15) is 0 Å². The van der Waals surface area contributed by atoms with Gasteiger partial charge in [0.15, 0.2) is 0 Å². The second kappa shape index (κ2) is 7.25. The van der Waals surface area contributed by atoms with Crippen LogP contribution in [0.5, 0.6) is 0 Å². The van der Waals surface area contributed by atoms with Crippen LogP contribution in [0.1, 0.15) is 40.5 Å². The second-order valence-electron chi connectivity index (χ2n) is 5.06. The van der Waals surface area contributed by atoms with E-state index in [1.165, 1.54) is 12.8 Å². The quantitative estimate of drug-likeness (QED) is 0.726. The largest absolute Gasteiger partial charge is 0.380 e. The summed E-state index contributed by atoms with van der Waals surface area (Å²) in [5, 5.41) is 3.57. The molecule has 0 amide bonds. The van der Waals surface area contributed by atoms with E-state index in [4.69, 9.17) is 9.47 Å². The first-order valence-corrected chi connectivity index (χ1v) is 6.60. The number of hydrogen-bond acceptors (Lipinski definition) is 3. The minimum absolute atomic E-state index is 0.401. The standard InChI is InChI=1S/C13H27NO2/c1-5-15-9-13(10(2)3)14-8-12-7-6-11(4)16-12/h10-14H,5-9H2,1-4H3. The number of nitrogens with one attached hydrogen (secondary N) is 1. The minimum atomic E-state index is 0.401. The summed E-state index contributed by atoms with van der Waals surface area (Å²) in [6.07, 6.45) is 3.23. The van der Waals surface area contributed by atoms with Crippen molar-refractivity contribution < 1.29 is 9.47 Å². The molecule has 0 saturated carbocycles. The molecule has 0 aromatic heterocycles. The van der Waals surface area contributed by atoms with E-state index in [0.717, 1.165) is 19.8 Å². The summed E-state index contributed by atoms with van der Waals surface area (Å²) >= 11 is 0. The first-order valence-electron chi connectivity index (χ1n) is 6.60. The van der Waals surface area contributed by atoms with Gasteiger partial charge in [0.1, 0.15) is 0 Å². The molecule has 3 unspecified atom stereocenters. The Kier molecular flexibility index (Phi) is 6.32. The molecule has 3 heteroatoms. The molecule has 1 N–H and O–H groups in total. The maximum Gasteiger partial charge on any atom is 0.0704 e. The number of ether oxygens (including phenoxy) is 2. The van der Waals surface area contributed by atoms with Gasteiger partial charge in [-0.25, -0.2) is 0 Å². The highest BCUT2D eigenvalue weighted by Crippen LogP contribution is 2.18. The van der Waals surface area contributed by atoms with Gasteiger partial charge in [0.25, 0.3) is 0 Å². The third kappa shape index (κ3) is 4.81. The van der Waals surface area contributed by atoms with Crippen LogP contribution in [0, 0.1) is 5.92 Å². The molecule has 16 heavy (non-hydrogen) atoms. The Labute approximate surface area is 99.9 Å². The van der Waals surface area contributed by atoms with Crippen molar-refractivity contribution in [3.8, 4) is 0 Å². The van der Waals surface area contributed by atoms with Crippen molar-refractivity contribution >= 4 is 0 Å². The fourth-order valence-corrected chi connectivity index (χ4v) is 2.05. The van der Waals surface area contributed by atoms with Crippen LogP contribution in [0.15, 0.2) is 0 Å². The molecule has 0 radical (unpaired) electrons. The van der Waals surface area contributed by atoms with Gasteiger partial charge in [-0.3, -0.25) is 0 Å². The van der Waals surface area contributed by atoms with Crippen molar-refractivity contribution in [1.29, 1.82) is 0 Å². The fourth-order valence-electron chi connectivity index (χ4n) is 2.05. The van der Waals surface area contributed by atoms with Gasteiger partial charge in [0.05, 0.1) is 18.8 Å². The summed E-state index contributed by atoms with van der Waals surface area (Å²) in [5.41, 5.74) is 0. The Morgan fingerprint density at radius 2 is 2.12 bits per heavy atom. The molecule has 96 valence electrons. The number of hydrogen-bond donors (Lipinski definition) is 1. The van der Waals surface area contributed by atoms with Gasteiger partial charge in [-0.2, -0.15) is 0 Å². The molecule has 1 aliphatic rings. The lowest BCUT2D eigenvalue weighted by Crippen LogP contribution is -2.42. The van der Waals surface area contributed by atoms with Gasteiger partial charge in [-0.05, 0) is 32.6 Å². The van der Waals surface area contributed by atoms with E-state index in [0.29, 0.717) is 24.2 Å². The van der Waals surface area contributed by atoms with E-state index in [-0.39, 0.29) is 0 Å². The molecule has 1 aliphatic heterocycles. The van der Waals surface area contributed by atoms with Gasteiger partial charge in [-0.1, -0.05) is 13.8 Å². The van der Waals surface area contributed by atoms with Gasteiger partial charge in [0.2, 0.25) is 0 Å². The first-order chi connectivity index (χ1) is 7.63. The van der Waals surface area contributed by atoms with Crippen LogP contribution in [0.4, 0.5) is 0 Å². The minimum Gasteiger partial charge on any atom is -0.380 e. The third-order valence-electron chi connectivity index (χ3n) is 3.23. The molecule has 3 nitrogen and oxygen atoms in total. The Morgan fingerprint density at radius 1 is 1.38 bits per heavy atom. The molecule has 0 spiro atoms. The van der Waals surface area contributed by atoms with Gasteiger partial charge < -0.3 is 14.8 Å². The summed E-state index contributed by atoms with van der Waals surface area (Å²) in [5.74, 6) is 0.602. The molecule has 1 rings (SSSR count). The van der Waals surface area contributed by atoms with Crippen molar-refractivity contribution in [2.75, 3.05) is 19.8 Å². The Hall–Kier alpha value is -0.120. The zero-order chi connectivity index (χ0) is 12.0. The second-order valence-corrected chi connectivity index (χ2v) is 5.06. The van der Waals surface area contributed by atoms with Crippen LogP contribution < -0.4 is 5.32 Å². The molecular formula is C13H27NO2. The smallest absolute Gasteiger partial charge is 0.0704 e. The molecule has 0 aromatic rings. The van der Waals surface area contributed by atoms with E-state index in [2.05, 4.69) is 26.1 Å². The monoisotopic (exact) mass is 229 g/mol. The molecular weight excluding hydrogens is 202 g/mol. The third-order valence-corrected chi connectivity index (χ3v) is 3.23. The highest BCUT2D eigenvalue weighted by atomic mass is 16.5. The van der Waals surface area contributed by atoms with Gasteiger partial charge in [0, 0.05) is 19.2 Å². The molecule has 3 atom stereocenters. The van der Waals surface area contributed by atoms with Crippen LogP contribution in [0.3, 0.4) is 0 Å². The average Bonchev–Trinajstić information content (AvgIpc) is 2.64. The van der Waals surface area contributed by atoms with Crippen LogP contribution in [-0.4, -0.2) is 38.0 Å². The first kappa shape index (κ1) is 13.9.